The Morgan fingerprint density at radius 3 is 2.73 bits per heavy atom. The average molecular weight is 306 g/mol. The highest BCUT2D eigenvalue weighted by Gasteiger charge is 2.43. The molecule has 1 aliphatic heterocycles. The van der Waals surface area contributed by atoms with Crippen molar-refractivity contribution in [3.05, 3.63) is 53.6 Å². The van der Waals surface area contributed by atoms with Crippen LogP contribution in [-0.4, -0.2) is 16.3 Å². The molecule has 4 nitrogen and oxygen atoms in total. The summed E-state index contributed by atoms with van der Waals surface area (Å²) in [7, 11) is 0. The highest BCUT2D eigenvalue weighted by atomic mass is 19.3. The van der Waals surface area contributed by atoms with E-state index in [2.05, 4.69) is 19.4 Å². The van der Waals surface area contributed by atoms with Crippen LogP contribution in [0.2, 0.25) is 0 Å². The summed E-state index contributed by atoms with van der Waals surface area (Å²) in [6, 6.07) is 8.81. The van der Waals surface area contributed by atoms with E-state index in [1.807, 2.05) is 0 Å². The molecule has 0 atom stereocenters. The van der Waals surface area contributed by atoms with Crippen LogP contribution in [0.3, 0.4) is 0 Å². The zero-order valence-electron chi connectivity index (χ0n) is 11.1. The number of hydrogen-bond donors (Lipinski definition) is 1. The summed E-state index contributed by atoms with van der Waals surface area (Å²) >= 11 is 0. The fourth-order valence-electron chi connectivity index (χ4n) is 2.42. The van der Waals surface area contributed by atoms with E-state index >= 15 is 0 Å². The number of nitrogens with one attached hydrogen (secondary N) is 1. The average Bonchev–Trinajstić information content (AvgIpc) is 2.96. The molecule has 0 amide bonds. The number of rotatable bonds is 2. The zero-order valence-corrected chi connectivity index (χ0v) is 11.1. The standard InChI is InChI=1S/C15H9F3N2O2/c16-9-2-3-10-11(7-9)20-14(19-10)6-8-1-4-12-13(5-8)22-15(17,18)21-12/h1-5,7H,6H2,(H,19,20). The predicted molar refractivity (Wildman–Crippen MR) is 71.5 cm³/mol. The number of H-pyrrole nitrogens is 1. The maximum atomic E-state index is 13.1. The molecular formula is C15H9F3N2O2. The first kappa shape index (κ1) is 13.0. The van der Waals surface area contributed by atoms with Crippen LogP contribution in [0.25, 0.3) is 11.0 Å². The molecule has 1 N–H and O–H groups in total. The van der Waals surface area contributed by atoms with E-state index in [0.717, 1.165) is 5.56 Å². The van der Waals surface area contributed by atoms with Gasteiger partial charge in [0.05, 0.1) is 11.0 Å². The molecule has 2 aromatic carbocycles. The lowest BCUT2D eigenvalue weighted by Crippen LogP contribution is -2.25. The molecule has 0 fully saturated rings. The quantitative estimate of drug-likeness (QED) is 0.786. The van der Waals surface area contributed by atoms with Crippen molar-refractivity contribution in [1.82, 2.24) is 9.97 Å². The van der Waals surface area contributed by atoms with Gasteiger partial charge in [-0.15, -0.1) is 8.78 Å². The van der Waals surface area contributed by atoms with E-state index in [4.69, 9.17) is 0 Å². The van der Waals surface area contributed by atoms with Crippen molar-refractivity contribution in [2.75, 3.05) is 0 Å². The Labute approximate surface area is 122 Å². The van der Waals surface area contributed by atoms with E-state index < -0.39 is 6.29 Å². The van der Waals surface area contributed by atoms with Crippen LogP contribution in [0.1, 0.15) is 11.4 Å². The number of hydrogen-bond acceptors (Lipinski definition) is 3. The lowest BCUT2D eigenvalue weighted by Gasteiger charge is -2.04. The van der Waals surface area contributed by atoms with Crippen LogP contribution in [0.15, 0.2) is 36.4 Å². The number of fused-ring (bicyclic) bond motifs is 2. The van der Waals surface area contributed by atoms with Crippen molar-refractivity contribution < 1.29 is 22.6 Å². The van der Waals surface area contributed by atoms with Crippen molar-refractivity contribution >= 4 is 11.0 Å². The minimum atomic E-state index is -3.63. The van der Waals surface area contributed by atoms with Gasteiger partial charge in [0.25, 0.3) is 0 Å². The number of ether oxygens (including phenoxy) is 2. The normalized spacial score (nSPS) is 15.4. The Morgan fingerprint density at radius 1 is 1.05 bits per heavy atom. The van der Waals surface area contributed by atoms with Gasteiger partial charge in [0, 0.05) is 6.42 Å². The molecule has 7 heteroatoms. The first-order valence-electron chi connectivity index (χ1n) is 6.51. The Balaban J connectivity index is 1.63. The first-order chi connectivity index (χ1) is 10.5. The molecule has 22 heavy (non-hydrogen) atoms. The summed E-state index contributed by atoms with van der Waals surface area (Å²) in [5, 5.41) is 0. The number of benzene rings is 2. The third-order valence-electron chi connectivity index (χ3n) is 3.33. The molecule has 4 rings (SSSR count). The third-order valence-corrected chi connectivity index (χ3v) is 3.33. The van der Waals surface area contributed by atoms with Crippen molar-refractivity contribution in [3.8, 4) is 11.5 Å². The molecule has 0 spiro atoms. The van der Waals surface area contributed by atoms with Gasteiger partial charge in [-0.1, -0.05) is 6.07 Å². The summed E-state index contributed by atoms with van der Waals surface area (Å²) in [6.45, 7) is 0. The van der Waals surface area contributed by atoms with E-state index in [0.29, 0.717) is 23.3 Å². The van der Waals surface area contributed by atoms with E-state index in [1.54, 1.807) is 12.1 Å². The number of aromatic amines is 1. The molecule has 0 unspecified atom stereocenters. The van der Waals surface area contributed by atoms with E-state index in [1.165, 1.54) is 24.3 Å². The smallest absolute Gasteiger partial charge is 0.395 e. The summed E-state index contributed by atoms with van der Waals surface area (Å²) in [5.41, 5.74) is 1.95. The van der Waals surface area contributed by atoms with Crippen molar-refractivity contribution in [3.63, 3.8) is 0 Å². The van der Waals surface area contributed by atoms with E-state index in [9.17, 15) is 13.2 Å². The molecule has 0 saturated heterocycles. The number of imidazole rings is 1. The van der Waals surface area contributed by atoms with Crippen LogP contribution < -0.4 is 9.47 Å². The predicted octanol–water partition coefficient (Wildman–Crippen LogP) is 3.61. The Kier molecular flexibility index (Phi) is 2.60. The minimum Gasteiger partial charge on any atom is -0.395 e. The van der Waals surface area contributed by atoms with Crippen molar-refractivity contribution in [2.45, 2.75) is 12.7 Å². The number of nitrogens with zero attached hydrogens (tertiary/aromatic N) is 1. The molecule has 1 aromatic heterocycles. The van der Waals surface area contributed by atoms with Gasteiger partial charge in [-0.3, -0.25) is 0 Å². The maximum absolute atomic E-state index is 13.1. The van der Waals surface area contributed by atoms with Crippen molar-refractivity contribution in [1.29, 1.82) is 0 Å². The molecule has 0 radical (unpaired) electrons. The Morgan fingerprint density at radius 2 is 1.86 bits per heavy atom. The fraction of sp³-hybridized carbons (Fsp3) is 0.133. The Hall–Kier alpha value is -2.70. The fourth-order valence-corrected chi connectivity index (χ4v) is 2.42. The van der Waals surface area contributed by atoms with Crippen LogP contribution in [-0.2, 0) is 6.42 Å². The summed E-state index contributed by atoms with van der Waals surface area (Å²) in [5.74, 6) is 0.240. The topological polar surface area (TPSA) is 47.1 Å². The SMILES string of the molecule is Fc1ccc2nc(Cc3ccc4c(c3)OC(F)(F)O4)[nH]c2c1. The second-order valence-electron chi connectivity index (χ2n) is 4.97. The van der Waals surface area contributed by atoms with Gasteiger partial charge < -0.3 is 14.5 Å². The molecular weight excluding hydrogens is 297 g/mol. The van der Waals surface area contributed by atoms with Gasteiger partial charge in [0.15, 0.2) is 11.5 Å². The van der Waals surface area contributed by atoms with Crippen LogP contribution in [0, 0.1) is 5.82 Å². The summed E-state index contributed by atoms with van der Waals surface area (Å²) < 4.78 is 47.8. The second kappa shape index (κ2) is 4.40. The highest BCUT2D eigenvalue weighted by molar-refractivity contribution is 5.75. The van der Waals surface area contributed by atoms with Gasteiger partial charge in [-0.25, -0.2) is 9.37 Å². The van der Waals surface area contributed by atoms with E-state index in [-0.39, 0.29) is 17.3 Å². The van der Waals surface area contributed by atoms with Gasteiger partial charge in [0.1, 0.15) is 11.6 Å². The molecule has 0 bridgehead atoms. The zero-order chi connectivity index (χ0) is 15.3. The monoisotopic (exact) mass is 306 g/mol. The lowest BCUT2D eigenvalue weighted by molar-refractivity contribution is -0.286. The van der Waals surface area contributed by atoms with Crippen LogP contribution in [0.4, 0.5) is 13.2 Å². The lowest BCUT2D eigenvalue weighted by atomic mass is 10.1. The highest BCUT2D eigenvalue weighted by Crippen LogP contribution is 2.41. The van der Waals surface area contributed by atoms with Crippen molar-refractivity contribution in [2.24, 2.45) is 0 Å². The van der Waals surface area contributed by atoms with Crippen LogP contribution in [0.5, 0.6) is 11.5 Å². The van der Waals surface area contributed by atoms with Crippen LogP contribution >= 0.6 is 0 Å². The number of aromatic nitrogens is 2. The third kappa shape index (κ3) is 2.24. The molecule has 0 aliphatic carbocycles. The second-order valence-corrected chi connectivity index (χ2v) is 4.97. The van der Waals surface area contributed by atoms with Gasteiger partial charge >= 0.3 is 6.29 Å². The Bertz CT molecular complexity index is 876. The number of halogens is 3. The summed E-state index contributed by atoms with van der Waals surface area (Å²) in [6.07, 6.45) is -3.25. The first-order valence-corrected chi connectivity index (χ1v) is 6.51. The molecule has 0 saturated carbocycles. The molecule has 2 heterocycles. The van der Waals surface area contributed by atoms with Gasteiger partial charge in [0.2, 0.25) is 0 Å². The summed E-state index contributed by atoms with van der Waals surface area (Å²) in [4.78, 5) is 7.33. The molecule has 1 aliphatic rings. The van der Waals surface area contributed by atoms with Gasteiger partial charge in [-0.2, -0.15) is 0 Å². The largest absolute Gasteiger partial charge is 0.586 e. The van der Waals surface area contributed by atoms with Gasteiger partial charge in [-0.05, 0) is 35.9 Å². The molecule has 3 aromatic rings. The maximum Gasteiger partial charge on any atom is 0.586 e. The number of alkyl halides is 2. The molecule has 112 valence electrons. The minimum absolute atomic E-state index is 0.000395.